The molecular formula is C23H26N2O4. The van der Waals surface area contributed by atoms with Crippen molar-refractivity contribution in [2.75, 3.05) is 6.54 Å². The second-order valence-electron chi connectivity index (χ2n) is 8.45. The molecule has 2 atom stereocenters. The first kappa shape index (κ1) is 19.6. The smallest absolute Gasteiger partial charge is 0.273 e. The van der Waals surface area contributed by atoms with Crippen LogP contribution in [0.2, 0.25) is 0 Å². The number of hydrogen-bond acceptors (Lipinski definition) is 5. The van der Waals surface area contributed by atoms with Crippen molar-refractivity contribution in [1.29, 1.82) is 0 Å². The lowest BCUT2D eigenvalue weighted by molar-refractivity contribution is -0.124. The van der Waals surface area contributed by atoms with E-state index in [0.29, 0.717) is 18.9 Å². The van der Waals surface area contributed by atoms with Crippen LogP contribution in [0.4, 0.5) is 0 Å². The molecule has 6 heteroatoms. The van der Waals surface area contributed by atoms with Gasteiger partial charge in [0.15, 0.2) is 11.5 Å². The number of hydrogen-bond donors (Lipinski definition) is 1. The summed E-state index contributed by atoms with van der Waals surface area (Å²) in [6.45, 7) is 6.25. The molecule has 1 N–H and O–H groups in total. The summed E-state index contributed by atoms with van der Waals surface area (Å²) in [5, 5.41) is 6.62. The van der Waals surface area contributed by atoms with E-state index in [2.05, 4.69) is 10.5 Å². The predicted molar refractivity (Wildman–Crippen MR) is 107 cm³/mol. The van der Waals surface area contributed by atoms with E-state index in [-0.39, 0.29) is 35.5 Å². The van der Waals surface area contributed by atoms with Gasteiger partial charge >= 0.3 is 0 Å². The number of amides is 1. The van der Waals surface area contributed by atoms with Crippen LogP contribution >= 0.6 is 0 Å². The van der Waals surface area contributed by atoms with Gasteiger partial charge in [0.2, 0.25) is 0 Å². The van der Waals surface area contributed by atoms with Crippen molar-refractivity contribution in [2.24, 2.45) is 5.92 Å². The van der Waals surface area contributed by atoms with Gasteiger partial charge in [-0.2, -0.15) is 0 Å². The Kier molecular flexibility index (Phi) is 5.11. The van der Waals surface area contributed by atoms with Crippen LogP contribution < -0.4 is 5.32 Å². The molecule has 0 radical (unpaired) electrons. The molecule has 2 aliphatic rings. The van der Waals surface area contributed by atoms with Crippen LogP contribution in [-0.2, 0) is 9.59 Å². The number of nitrogens with one attached hydrogen (secondary N) is 1. The van der Waals surface area contributed by atoms with Gasteiger partial charge in [-0.1, -0.05) is 22.9 Å². The number of ketones is 2. The van der Waals surface area contributed by atoms with Crippen molar-refractivity contribution in [3.05, 3.63) is 51.9 Å². The summed E-state index contributed by atoms with van der Waals surface area (Å²) < 4.78 is 5.20. The van der Waals surface area contributed by atoms with Crippen LogP contribution in [0.1, 0.15) is 76.0 Å². The molecule has 0 saturated heterocycles. The summed E-state index contributed by atoms with van der Waals surface area (Å²) in [4.78, 5) is 37.9. The molecule has 1 aromatic heterocycles. The molecule has 2 aromatic rings. The summed E-state index contributed by atoms with van der Waals surface area (Å²) in [5.74, 6) is -0.224. The van der Waals surface area contributed by atoms with Crippen molar-refractivity contribution in [3.8, 4) is 0 Å². The van der Waals surface area contributed by atoms with E-state index in [1.54, 1.807) is 6.07 Å². The maximum Gasteiger partial charge on any atom is 0.273 e. The molecular weight excluding hydrogens is 368 g/mol. The molecule has 1 amide bonds. The number of carbonyl (C=O) groups excluding carboxylic acids is 3. The van der Waals surface area contributed by atoms with E-state index >= 15 is 0 Å². The second kappa shape index (κ2) is 7.58. The van der Waals surface area contributed by atoms with Crippen molar-refractivity contribution >= 4 is 17.5 Å². The molecule has 2 unspecified atom stereocenters. The lowest BCUT2D eigenvalue weighted by Gasteiger charge is -2.16. The maximum absolute atomic E-state index is 13.0. The van der Waals surface area contributed by atoms with E-state index in [1.165, 1.54) is 0 Å². The van der Waals surface area contributed by atoms with Crippen LogP contribution in [0.15, 0.2) is 22.7 Å². The van der Waals surface area contributed by atoms with Crippen LogP contribution in [0.25, 0.3) is 0 Å². The van der Waals surface area contributed by atoms with E-state index in [1.807, 2.05) is 32.9 Å². The predicted octanol–water partition coefficient (Wildman–Crippen LogP) is 3.54. The van der Waals surface area contributed by atoms with Crippen molar-refractivity contribution in [1.82, 2.24) is 10.5 Å². The van der Waals surface area contributed by atoms with Crippen molar-refractivity contribution in [2.45, 2.75) is 58.3 Å². The SMILES string of the molecule is Cc1cc(C)c(C2C(=O)CC(CCNC(=O)c3cc(C4CC4)on3)C2=O)c(C)c1. The molecule has 0 spiro atoms. The molecule has 0 bridgehead atoms. The molecule has 4 rings (SSSR count). The minimum atomic E-state index is -0.673. The number of carbonyl (C=O) groups is 3. The number of nitrogens with zero attached hydrogens (tertiary/aromatic N) is 1. The fourth-order valence-electron chi connectivity index (χ4n) is 4.46. The Morgan fingerprint density at radius 3 is 2.48 bits per heavy atom. The minimum Gasteiger partial charge on any atom is -0.360 e. The first-order valence-corrected chi connectivity index (χ1v) is 10.2. The van der Waals surface area contributed by atoms with Gasteiger partial charge in [0, 0.05) is 30.9 Å². The third-order valence-corrected chi connectivity index (χ3v) is 6.00. The summed E-state index contributed by atoms with van der Waals surface area (Å²) in [6, 6.07) is 5.73. The van der Waals surface area contributed by atoms with Crippen molar-refractivity contribution < 1.29 is 18.9 Å². The van der Waals surface area contributed by atoms with Crippen LogP contribution in [0, 0.1) is 26.7 Å². The van der Waals surface area contributed by atoms with Crippen molar-refractivity contribution in [3.63, 3.8) is 0 Å². The Morgan fingerprint density at radius 2 is 1.83 bits per heavy atom. The first-order valence-electron chi connectivity index (χ1n) is 10.2. The average molecular weight is 394 g/mol. The standard InChI is InChI=1S/C23H26N2O4/c1-12-8-13(2)20(14(3)9-12)21-18(26)10-16(22(21)27)6-7-24-23(28)17-11-19(29-25-17)15-4-5-15/h8-9,11,15-16,21H,4-7,10H2,1-3H3,(H,24,28). The van der Waals surface area contributed by atoms with Gasteiger partial charge in [0.05, 0.1) is 0 Å². The number of aromatic nitrogens is 1. The highest BCUT2D eigenvalue weighted by Gasteiger charge is 2.42. The molecule has 0 aliphatic heterocycles. The summed E-state index contributed by atoms with van der Waals surface area (Å²) in [5.41, 5.74) is 4.22. The first-order chi connectivity index (χ1) is 13.8. The van der Waals surface area contributed by atoms with Gasteiger partial charge < -0.3 is 9.84 Å². The highest BCUT2D eigenvalue weighted by molar-refractivity contribution is 6.15. The van der Waals surface area contributed by atoms with Gasteiger partial charge in [0.25, 0.3) is 5.91 Å². The van der Waals surface area contributed by atoms with Crippen LogP contribution in [-0.4, -0.2) is 29.2 Å². The van der Waals surface area contributed by atoms with Gasteiger partial charge in [-0.3, -0.25) is 14.4 Å². The Morgan fingerprint density at radius 1 is 1.14 bits per heavy atom. The normalized spacial score (nSPS) is 21.6. The topological polar surface area (TPSA) is 89.3 Å². The third kappa shape index (κ3) is 3.88. The van der Waals surface area contributed by atoms with Gasteiger partial charge in [0.1, 0.15) is 17.5 Å². The Hall–Kier alpha value is -2.76. The van der Waals surface area contributed by atoms with E-state index in [0.717, 1.165) is 40.9 Å². The summed E-state index contributed by atoms with van der Waals surface area (Å²) in [6.07, 6.45) is 2.84. The van der Waals surface area contributed by atoms with E-state index < -0.39 is 5.92 Å². The Balaban J connectivity index is 1.37. The zero-order valence-corrected chi connectivity index (χ0v) is 17.1. The quantitative estimate of drug-likeness (QED) is 0.757. The van der Waals surface area contributed by atoms with Gasteiger partial charge in [-0.15, -0.1) is 0 Å². The Bertz CT molecular complexity index is 964. The molecule has 152 valence electrons. The number of aryl methyl sites for hydroxylation is 3. The molecule has 29 heavy (non-hydrogen) atoms. The summed E-state index contributed by atoms with van der Waals surface area (Å²) in [7, 11) is 0. The lowest BCUT2D eigenvalue weighted by Crippen LogP contribution is -2.27. The van der Waals surface area contributed by atoms with Gasteiger partial charge in [-0.25, -0.2) is 0 Å². The molecule has 6 nitrogen and oxygen atoms in total. The third-order valence-electron chi connectivity index (χ3n) is 6.00. The zero-order valence-electron chi connectivity index (χ0n) is 17.1. The lowest BCUT2D eigenvalue weighted by atomic mass is 9.86. The van der Waals surface area contributed by atoms with Crippen LogP contribution in [0.3, 0.4) is 0 Å². The zero-order chi connectivity index (χ0) is 20.7. The molecule has 1 aromatic carbocycles. The number of rotatable bonds is 6. The maximum atomic E-state index is 13.0. The Labute approximate surface area is 170 Å². The monoisotopic (exact) mass is 394 g/mol. The van der Waals surface area contributed by atoms with E-state index in [4.69, 9.17) is 4.52 Å². The van der Waals surface area contributed by atoms with Gasteiger partial charge in [-0.05, 0) is 56.7 Å². The number of benzene rings is 1. The minimum absolute atomic E-state index is 0.0213. The molecule has 2 saturated carbocycles. The molecule has 2 fully saturated rings. The largest absolute Gasteiger partial charge is 0.360 e. The highest BCUT2D eigenvalue weighted by Crippen LogP contribution is 2.40. The average Bonchev–Trinajstić information content (AvgIpc) is 3.32. The van der Waals surface area contributed by atoms with Crippen LogP contribution in [0.5, 0.6) is 0 Å². The fourth-order valence-corrected chi connectivity index (χ4v) is 4.46. The second-order valence-corrected chi connectivity index (χ2v) is 8.45. The summed E-state index contributed by atoms with van der Waals surface area (Å²) >= 11 is 0. The number of Topliss-reactive ketones (excluding diaryl/α,β-unsaturated/α-hetero) is 2. The fraction of sp³-hybridized carbons (Fsp3) is 0.478. The highest BCUT2D eigenvalue weighted by atomic mass is 16.5. The molecule has 2 aliphatic carbocycles. The molecule has 1 heterocycles. The van der Waals surface area contributed by atoms with E-state index in [9.17, 15) is 14.4 Å².